The number of carbonyl (C=O) groups is 8. The van der Waals surface area contributed by atoms with Crippen molar-refractivity contribution in [2.24, 2.45) is 0 Å². The monoisotopic (exact) mass is 714 g/mol. The summed E-state index contributed by atoms with van der Waals surface area (Å²) in [4.78, 5) is 99.8. The molecule has 20 heteroatoms. The summed E-state index contributed by atoms with van der Waals surface area (Å²) >= 11 is 0. The van der Waals surface area contributed by atoms with Crippen molar-refractivity contribution in [2.75, 3.05) is 65.4 Å². The van der Waals surface area contributed by atoms with Gasteiger partial charge in [-0.05, 0) is 25.7 Å². The average molecular weight is 715 g/mol. The fourth-order valence-electron chi connectivity index (χ4n) is 6.96. The van der Waals surface area contributed by atoms with Crippen LogP contribution >= 0.6 is 0 Å². The van der Waals surface area contributed by atoms with Crippen LogP contribution in [0.4, 0.5) is 0 Å². The largest absolute Gasteiger partial charge is 0.549 e. The number of nitrogens with zero attached hydrogens (tertiary/aromatic N) is 4. The van der Waals surface area contributed by atoms with Gasteiger partial charge in [-0.1, -0.05) is 25.7 Å². The number of nitrogens with one attached hydrogen (secondary N) is 2. The number of carbonyl (C=O) groups excluding carboxylic acids is 4. The second-order valence-electron chi connectivity index (χ2n) is 12.5. The molecule has 2 amide bonds. The minimum Gasteiger partial charge on any atom is -0.549 e. The Balaban J connectivity index is 2.03. The van der Waals surface area contributed by atoms with Gasteiger partial charge in [-0.3, -0.25) is 48.4 Å². The summed E-state index contributed by atoms with van der Waals surface area (Å²) in [6.45, 7) is -4.79. The van der Waals surface area contributed by atoms with Gasteiger partial charge in [-0.15, -0.1) is 0 Å². The lowest BCUT2D eigenvalue weighted by molar-refractivity contribution is -0.311. The molecule has 6 N–H and O–H groups in total. The highest BCUT2D eigenvalue weighted by Crippen LogP contribution is 2.28. The summed E-state index contributed by atoms with van der Waals surface area (Å²) in [5.41, 5.74) is 0. The normalized spacial score (nSPS) is 20.8. The molecule has 0 heterocycles. The molecule has 2 rings (SSSR count). The maximum atomic E-state index is 12.9. The molecule has 50 heavy (non-hydrogen) atoms. The van der Waals surface area contributed by atoms with Gasteiger partial charge >= 0.3 is 23.9 Å². The Bertz CT molecular complexity index is 1110. The number of hydrogen-bond acceptors (Lipinski definition) is 14. The van der Waals surface area contributed by atoms with Gasteiger partial charge in [0, 0.05) is 50.3 Å². The van der Waals surface area contributed by atoms with Crippen LogP contribution in [-0.2, 0) is 38.4 Å². The predicted molar refractivity (Wildman–Crippen MR) is 165 cm³/mol. The zero-order valence-electron chi connectivity index (χ0n) is 27.7. The number of aliphatic carboxylic acids is 6. The summed E-state index contributed by atoms with van der Waals surface area (Å²) in [6.07, 6.45) is 4.11. The Morgan fingerprint density at radius 1 is 0.440 bits per heavy atom. The van der Waals surface area contributed by atoms with E-state index in [1.54, 1.807) is 0 Å². The van der Waals surface area contributed by atoms with E-state index in [0.717, 1.165) is 4.90 Å². The van der Waals surface area contributed by atoms with Crippen LogP contribution in [0.1, 0.15) is 51.4 Å². The number of amides is 2. The average Bonchev–Trinajstić information content (AvgIpc) is 3.00. The summed E-state index contributed by atoms with van der Waals surface area (Å²) in [5, 5.41) is 65.5. The van der Waals surface area contributed by atoms with Gasteiger partial charge in [0.05, 0.1) is 51.2 Å². The fraction of sp³-hybridized carbons (Fsp3) is 0.733. The molecule has 0 unspecified atom stereocenters. The molecule has 0 aromatic heterocycles. The van der Waals surface area contributed by atoms with E-state index in [-0.39, 0.29) is 13.1 Å². The van der Waals surface area contributed by atoms with Crippen LogP contribution in [0.5, 0.6) is 0 Å². The lowest BCUT2D eigenvalue weighted by atomic mass is 9.87. The van der Waals surface area contributed by atoms with Crippen molar-refractivity contribution < 1.29 is 69.0 Å². The molecule has 2 aliphatic carbocycles. The van der Waals surface area contributed by atoms with Crippen LogP contribution in [0.3, 0.4) is 0 Å². The quantitative estimate of drug-likeness (QED) is 0.0539. The second-order valence-corrected chi connectivity index (χ2v) is 12.5. The fourth-order valence-corrected chi connectivity index (χ4v) is 6.96. The van der Waals surface area contributed by atoms with E-state index < -0.39 is 124 Å². The maximum Gasteiger partial charge on any atom is 0.317 e. The summed E-state index contributed by atoms with van der Waals surface area (Å²) in [5.74, 6) is -9.29. The standard InChI is InChI=1S/C30H48N6O14/c37-23(11-33(13-25(39)40)19-5-1-3-7-21(19)35(15-27(43)44)16-28(45)46)31-9-10-32-24(38)12-34(14-26(41)42)20-6-2-4-8-22(20)36(17-29(47)48)18-30(49)50/h19-22H,1-18H2,(H,31,37)(H,32,38)(H,39,40)(H,41,42)(H,43,44)(H,45,46)(H,47,48)(H,49,50)/p-2/t19-,20-,21-,22-/m1/s1. The lowest BCUT2D eigenvalue weighted by Gasteiger charge is -2.44. The molecular weight excluding hydrogens is 668 g/mol. The molecule has 20 nitrogen and oxygen atoms in total. The van der Waals surface area contributed by atoms with Crippen molar-refractivity contribution in [3.05, 3.63) is 0 Å². The number of carboxylic acid groups (broad SMARTS) is 6. The minimum atomic E-state index is -1.52. The van der Waals surface area contributed by atoms with E-state index in [4.69, 9.17) is 0 Å². The van der Waals surface area contributed by atoms with Gasteiger partial charge in [-0.2, -0.15) is 0 Å². The third-order valence-electron chi connectivity index (χ3n) is 8.74. The zero-order valence-corrected chi connectivity index (χ0v) is 27.7. The van der Waals surface area contributed by atoms with Crippen molar-refractivity contribution in [2.45, 2.75) is 75.5 Å². The maximum absolute atomic E-state index is 12.9. The van der Waals surface area contributed by atoms with Crippen LogP contribution in [0.2, 0.25) is 0 Å². The van der Waals surface area contributed by atoms with E-state index >= 15 is 0 Å². The third kappa shape index (κ3) is 15.0. The molecule has 2 saturated carbocycles. The molecule has 0 bridgehead atoms. The van der Waals surface area contributed by atoms with Crippen molar-refractivity contribution in [3.8, 4) is 0 Å². The molecule has 0 aromatic carbocycles. The highest BCUT2D eigenvalue weighted by atomic mass is 16.4. The molecule has 2 fully saturated rings. The third-order valence-corrected chi connectivity index (χ3v) is 8.74. The summed E-state index contributed by atoms with van der Waals surface area (Å²) < 4.78 is 0. The number of rotatable bonds is 23. The Kier molecular flexibility index (Phi) is 17.5. The second kappa shape index (κ2) is 21.0. The number of carboxylic acids is 6. The number of hydrogen-bond donors (Lipinski definition) is 6. The van der Waals surface area contributed by atoms with Gasteiger partial charge in [0.25, 0.3) is 0 Å². The zero-order chi connectivity index (χ0) is 37.4. The Labute approximate surface area is 288 Å². The van der Waals surface area contributed by atoms with Crippen molar-refractivity contribution in [3.63, 3.8) is 0 Å². The molecule has 4 atom stereocenters. The van der Waals surface area contributed by atoms with Crippen LogP contribution in [-0.4, -0.2) is 177 Å². The van der Waals surface area contributed by atoms with Gasteiger partial charge in [0.2, 0.25) is 11.8 Å². The SMILES string of the molecule is O=C([O-])CN(CC(=O)[O-])[C@@H]1CCCC[C@H]1N(CC(=O)O)CC(=O)NCCNC(=O)CN(CC(=O)O)[C@@H]1CCCC[C@H]1N(CC(=O)O)CC(=O)O. The molecule has 0 aliphatic heterocycles. The Hall–Kier alpha value is -4.40. The smallest absolute Gasteiger partial charge is 0.317 e. The predicted octanol–water partition coefficient (Wildman–Crippen LogP) is -5.11. The van der Waals surface area contributed by atoms with Crippen LogP contribution in [0, 0.1) is 0 Å². The topological polar surface area (TPSA) is 301 Å². The Morgan fingerprint density at radius 2 is 0.680 bits per heavy atom. The van der Waals surface area contributed by atoms with Crippen LogP contribution in [0.15, 0.2) is 0 Å². The first-order valence-electron chi connectivity index (χ1n) is 16.3. The van der Waals surface area contributed by atoms with Crippen molar-refractivity contribution >= 4 is 47.6 Å². The molecule has 0 spiro atoms. The lowest BCUT2D eigenvalue weighted by Crippen LogP contribution is -2.59. The summed E-state index contributed by atoms with van der Waals surface area (Å²) in [7, 11) is 0. The molecule has 2 aliphatic rings. The minimum absolute atomic E-state index is 0.0975. The van der Waals surface area contributed by atoms with E-state index in [0.29, 0.717) is 51.4 Å². The van der Waals surface area contributed by atoms with Crippen LogP contribution < -0.4 is 20.8 Å². The van der Waals surface area contributed by atoms with E-state index in [1.165, 1.54) is 14.7 Å². The summed E-state index contributed by atoms with van der Waals surface area (Å²) in [6, 6.07) is -2.63. The first-order chi connectivity index (χ1) is 23.6. The van der Waals surface area contributed by atoms with E-state index in [1.807, 2.05) is 0 Å². The Morgan fingerprint density at radius 3 is 0.920 bits per heavy atom. The molecule has 0 radical (unpaired) electrons. The van der Waals surface area contributed by atoms with Crippen LogP contribution in [0.25, 0.3) is 0 Å². The first kappa shape index (κ1) is 41.8. The van der Waals surface area contributed by atoms with Gasteiger partial charge < -0.3 is 50.9 Å². The first-order valence-corrected chi connectivity index (χ1v) is 16.3. The highest BCUT2D eigenvalue weighted by Gasteiger charge is 2.38. The van der Waals surface area contributed by atoms with Crippen molar-refractivity contribution in [1.82, 2.24) is 30.2 Å². The molecular formula is C30H46N6O14-2. The molecule has 282 valence electrons. The highest BCUT2D eigenvalue weighted by molar-refractivity contribution is 5.80. The van der Waals surface area contributed by atoms with E-state index in [9.17, 15) is 69.0 Å². The van der Waals surface area contributed by atoms with Gasteiger partial charge in [0.15, 0.2) is 0 Å². The molecule has 0 saturated heterocycles. The van der Waals surface area contributed by atoms with Gasteiger partial charge in [-0.25, -0.2) is 0 Å². The van der Waals surface area contributed by atoms with Gasteiger partial charge in [0.1, 0.15) is 0 Å². The molecule has 0 aromatic rings. The van der Waals surface area contributed by atoms with E-state index in [2.05, 4.69) is 10.6 Å². The van der Waals surface area contributed by atoms with Crippen molar-refractivity contribution in [1.29, 1.82) is 0 Å².